The van der Waals surface area contributed by atoms with Gasteiger partial charge in [-0.25, -0.2) is 0 Å². The van der Waals surface area contributed by atoms with Crippen molar-refractivity contribution in [1.82, 2.24) is 0 Å². The summed E-state index contributed by atoms with van der Waals surface area (Å²) in [6.07, 6.45) is 7.80. The molecule has 0 heterocycles. The average molecular weight is 298 g/mol. The quantitative estimate of drug-likeness (QED) is 0.831. The molecule has 116 valence electrons. The molecule has 0 bridgehead atoms. The van der Waals surface area contributed by atoms with Crippen LogP contribution < -0.4 is 4.74 Å². The van der Waals surface area contributed by atoms with E-state index < -0.39 is 5.97 Å². The van der Waals surface area contributed by atoms with E-state index in [9.17, 15) is 4.79 Å². The van der Waals surface area contributed by atoms with E-state index in [-0.39, 0.29) is 12.3 Å². The molecular formula is C19H22O3. The van der Waals surface area contributed by atoms with E-state index >= 15 is 0 Å². The number of rotatable bonds is 5. The second-order valence-corrected chi connectivity index (χ2v) is 5.59. The lowest BCUT2D eigenvalue weighted by atomic mass is 9.96. The zero-order valence-corrected chi connectivity index (χ0v) is 12.8. The Balaban J connectivity index is 2.04. The van der Waals surface area contributed by atoms with Crippen molar-refractivity contribution >= 4 is 5.97 Å². The minimum atomic E-state index is -0.856. The minimum Gasteiger partial charge on any atom is -0.490 e. The normalized spacial score (nSPS) is 16.2. The number of ether oxygens (including phenoxy) is 1. The summed E-state index contributed by atoms with van der Waals surface area (Å²) >= 11 is 0. The predicted octanol–water partition coefficient (Wildman–Crippen LogP) is 4.15. The van der Waals surface area contributed by atoms with Crippen molar-refractivity contribution in [3.8, 4) is 17.6 Å². The van der Waals surface area contributed by atoms with Crippen molar-refractivity contribution in [2.45, 2.75) is 50.5 Å². The molecule has 1 fully saturated rings. The molecule has 2 rings (SSSR count). The Morgan fingerprint density at radius 1 is 1.32 bits per heavy atom. The molecule has 1 saturated carbocycles. The van der Waals surface area contributed by atoms with E-state index in [2.05, 4.69) is 18.4 Å². The van der Waals surface area contributed by atoms with Crippen molar-refractivity contribution in [3.05, 3.63) is 42.5 Å². The summed E-state index contributed by atoms with van der Waals surface area (Å²) in [6.45, 7) is 3.54. The van der Waals surface area contributed by atoms with Crippen molar-refractivity contribution in [1.29, 1.82) is 0 Å². The van der Waals surface area contributed by atoms with Crippen molar-refractivity contribution in [3.63, 3.8) is 0 Å². The Bertz CT molecular complexity index is 557. The minimum absolute atomic E-state index is 0.0102. The number of benzene rings is 1. The zero-order valence-electron chi connectivity index (χ0n) is 12.8. The van der Waals surface area contributed by atoms with Crippen LogP contribution >= 0.6 is 0 Å². The van der Waals surface area contributed by atoms with Gasteiger partial charge in [0, 0.05) is 0 Å². The largest absolute Gasteiger partial charge is 0.490 e. The molecular weight excluding hydrogens is 276 g/mol. The van der Waals surface area contributed by atoms with Crippen molar-refractivity contribution < 1.29 is 14.6 Å². The van der Waals surface area contributed by atoms with Crippen LogP contribution in [0.3, 0.4) is 0 Å². The molecule has 1 aliphatic rings. The van der Waals surface area contributed by atoms with Gasteiger partial charge in [0.25, 0.3) is 0 Å². The monoisotopic (exact) mass is 298 g/mol. The van der Waals surface area contributed by atoms with Crippen molar-refractivity contribution in [2.75, 3.05) is 0 Å². The summed E-state index contributed by atoms with van der Waals surface area (Å²) < 4.78 is 5.98. The molecule has 1 unspecified atom stereocenters. The Kier molecular flexibility index (Phi) is 6.09. The lowest BCUT2D eigenvalue weighted by Gasteiger charge is -2.23. The SMILES string of the molecule is C=CC#CC(CC(=O)O)c1ccc(OC2CCCCC2)cc1. The summed E-state index contributed by atoms with van der Waals surface area (Å²) in [5.74, 6) is 5.35. The van der Waals surface area contributed by atoms with Gasteiger partial charge in [0.1, 0.15) is 5.75 Å². The third-order valence-electron chi connectivity index (χ3n) is 3.88. The molecule has 1 N–H and O–H groups in total. The number of aliphatic carboxylic acids is 1. The number of carboxylic acid groups (broad SMARTS) is 1. The topological polar surface area (TPSA) is 46.5 Å². The van der Waals surface area contributed by atoms with Crippen molar-refractivity contribution in [2.24, 2.45) is 0 Å². The molecule has 0 spiro atoms. The fraction of sp³-hybridized carbons (Fsp3) is 0.421. The third-order valence-corrected chi connectivity index (χ3v) is 3.88. The first-order valence-corrected chi connectivity index (χ1v) is 7.79. The van der Waals surface area contributed by atoms with Crippen LogP contribution in [0.15, 0.2) is 36.9 Å². The molecule has 0 amide bonds. The van der Waals surface area contributed by atoms with Gasteiger partial charge in [-0.3, -0.25) is 4.79 Å². The van der Waals surface area contributed by atoms with Crippen LogP contribution in [0.25, 0.3) is 0 Å². The molecule has 3 heteroatoms. The maximum atomic E-state index is 11.0. The number of hydrogen-bond acceptors (Lipinski definition) is 2. The zero-order chi connectivity index (χ0) is 15.8. The molecule has 0 saturated heterocycles. The van der Waals surface area contributed by atoms with Gasteiger partial charge >= 0.3 is 5.97 Å². The van der Waals surface area contributed by atoms with Crippen LogP contribution in [-0.2, 0) is 4.79 Å². The number of carboxylic acids is 1. The molecule has 0 aliphatic heterocycles. The molecule has 1 aliphatic carbocycles. The molecule has 0 radical (unpaired) electrons. The average Bonchev–Trinajstić information content (AvgIpc) is 2.53. The van der Waals surface area contributed by atoms with E-state index in [1.54, 1.807) is 0 Å². The van der Waals surface area contributed by atoms with Gasteiger partial charge in [-0.15, -0.1) is 0 Å². The van der Waals surface area contributed by atoms with E-state index in [1.807, 2.05) is 24.3 Å². The van der Waals surface area contributed by atoms with E-state index in [4.69, 9.17) is 9.84 Å². The van der Waals surface area contributed by atoms with E-state index in [1.165, 1.54) is 25.3 Å². The second-order valence-electron chi connectivity index (χ2n) is 5.59. The van der Waals surface area contributed by atoms with Gasteiger partial charge < -0.3 is 9.84 Å². The molecule has 0 aromatic heterocycles. The highest BCUT2D eigenvalue weighted by molar-refractivity contribution is 5.69. The Hall–Kier alpha value is -2.21. The molecule has 22 heavy (non-hydrogen) atoms. The van der Waals surface area contributed by atoms with Gasteiger partial charge in [-0.2, -0.15) is 0 Å². The first kappa shape index (κ1) is 16.2. The number of carbonyl (C=O) groups is 1. The lowest BCUT2D eigenvalue weighted by molar-refractivity contribution is -0.137. The summed E-state index contributed by atoms with van der Waals surface area (Å²) in [6, 6.07) is 7.63. The van der Waals surface area contributed by atoms with Gasteiger partial charge in [-0.05, 0) is 49.5 Å². The number of hydrogen-bond donors (Lipinski definition) is 1. The molecule has 1 atom stereocenters. The molecule has 1 aromatic carbocycles. The summed E-state index contributed by atoms with van der Waals surface area (Å²) in [7, 11) is 0. The van der Waals surface area contributed by atoms with E-state index in [0.717, 1.165) is 24.2 Å². The van der Waals surface area contributed by atoms with Crippen LogP contribution in [0.4, 0.5) is 0 Å². The van der Waals surface area contributed by atoms with Gasteiger partial charge in [0.15, 0.2) is 0 Å². The Labute approximate surface area is 132 Å². The first-order valence-electron chi connectivity index (χ1n) is 7.79. The van der Waals surface area contributed by atoms with Crippen LogP contribution in [0, 0.1) is 11.8 Å². The summed E-state index contributed by atoms with van der Waals surface area (Å²) in [5.41, 5.74) is 0.896. The van der Waals surface area contributed by atoms with Gasteiger partial charge in [0.2, 0.25) is 0 Å². The summed E-state index contributed by atoms with van der Waals surface area (Å²) in [4.78, 5) is 11.0. The standard InChI is InChI=1S/C19H22O3/c1-2-3-7-16(14-19(20)21)15-10-12-18(13-11-15)22-17-8-5-4-6-9-17/h2,10-13,16-17H,1,4-6,8-9,14H2,(H,20,21). The lowest BCUT2D eigenvalue weighted by Crippen LogP contribution is -2.19. The maximum Gasteiger partial charge on any atom is 0.304 e. The second kappa shape index (κ2) is 8.29. The highest BCUT2D eigenvalue weighted by atomic mass is 16.5. The number of allylic oxidation sites excluding steroid dienone is 1. The summed E-state index contributed by atoms with van der Waals surface area (Å²) in [5, 5.41) is 9.00. The van der Waals surface area contributed by atoms with Crippen LogP contribution in [0.1, 0.15) is 50.0 Å². The van der Waals surface area contributed by atoms with Crippen LogP contribution in [-0.4, -0.2) is 17.2 Å². The fourth-order valence-electron chi connectivity index (χ4n) is 2.74. The molecule has 3 nitrogen and oxygen atoms in total. The van der Waals surface area contributed by atoms with Gasteiger partial charge in [0.05, 0.1) is 18.4 Å². The molecule has 1 aromatic rings. The maximum absolute atomic E-state index is 11.0. The third kappa shape index (κ3) is 4.96. The smallest absolute Gasteiger partial charge is 0.304 e. The predicted molar refractivity (Wildman–Crippen MR) is 86.9 cm³/mol. The Morgan fingerprint density at radius 2 is 2.00 bits per heavy atom. The van der Waals surface area contributed by atoms with Crippen LogP contribution in [0.2, 0.25) is 0 Å². The fourth-order valence-corrected chi connectivity index (χ4v) is 2.74. The van der Waals surface area contributed by atoms with Crippen LogP contribution in [0.5, 0.6) is 5.75 Å². The highest BCUT2D eigenvalue weighted by Crippen LogP contribution is 2.26. The first-order chi connectivity index (χ1) is 10.7. The van der Waals surface area contributed by atoms with Gasteiger partial charge in [-0.1, -0.05) is 37.0 Å². The highest BCUT2D eigenvalue weighted by Gasteiger charge is 2.16. The van der Waals surface area contributed by atoms with E-state index in [0.29, 0.717) is 6.10 Å². The Morgan fingerprint density at radius 3 is 2.59 bits per heavy atom.